The van der Waals surface area contributed by atoms with Crippen LogP contribution in [-0.4, -0.2) is 38.9 Å². The van der Waals surface area contributed by atoms with Crippen LogP contribution >= 0.6 is 0 Å². The van der Waals surface area contributed by atoms with Gasteiger partial charge in [0, 0.05) is 24.0 Å². The van der Waals surface area contributed by atoms with Gasteiger partial charge in [-0.25, -0.2) is 14.3 Å². The minimum atomic E-state index is -1.06. The maximum Gasteiger partial charge on any atom is 0.339 e. The average molecular weight is 297 g/mol. The summed E-state index contributed by atoms with van der Waals surface area (Å²) in [6.07, 6.45) is 5.12. The van der Waals surface area contributed by atoms with Crippen LogP contribution in [0.15, 0.2) is 36.8 Å². The van der Waals surface area contributed by atoms with Crippen molar-refractivity contribution in [3.05, 3.63) is 42.4 Å². The highest BCUT2D eigenvalue weighted by molar-refractivity contribution is 5.94. The van der Waals surface area contributed by atoms with Gasteiger partial charge in [-0.1, -0.05) is 0 Å². The topological polar surface area (TPSA) is 86.0 Å². The highest BCUT2D eigenvalue weighted by Gasteiger charge is 2.22. The monoisotopic (exact) mass is 297 g/mol. The molecule has 1 aliphatic rings. The van der Waals surface area contributed by atoms with Crippen LogP contribution in [0.2, 0.25) is 0 Å². The number of hydrogen-bond donors (Lipinski definition) is 1. The van der Waals surface area contributed by atoms with Crippen LogP contribution in [0, 0.1) is 0 Å². The summed E-state index contributed by atoms with van der Waals surface area (Å²) in [5.41, 5.74) is 2.23. The third-order valence-electron chi connectivity index (χ3n) is 3.45. The predicted octanol–water partition coefficient (Wildman–Crippen LogP) is 1.87. The van der Waals surface area contributed by atoms with Crippen LogP contribution < -0.4 is 9.47 Å². The largest absolute Gasteiger partial charge is 0.486 e. The average Bonchev–Trinajstić information content (AvgIpc) is 3.01. The number of carboxylic acids is 1. The molecular weight excluding hydrogens is 286 g/mol. The molecule has 22 heavy (non-hydrogen) atoms. The van der Waals surface area contributed by atoms with E-state index in [0.717, 1.165) is 11.2 Å². The van der Waals surface area contributed by atoms with Gasteiger partial charge in [0.05, 0.1) is 6.20 Å². The molecule has 1 N–H and O–H groups in total. The Bertz CT molecular complexity index is 888. The summed E-state index contributed by atoms with van der Waals surface area (Å²) in [4.78, 5) is 15.7. The molecule has 0 unspecified atom stereocenters. The molecule has 0 amide bonds. The number of ether oxygens (including phenoxy) is 2. The van der Waals surface area contributed by atoms with E-state index in [1.54, 1.807) is 41.3 Å². The number of carboxylic acid groups (broad SMARTS) is 1. The fourth-order valence-corrected chi connectivity index (χ4v) is 2.44. The van der Waals surface area contributed by atoms with Gasteiger partial charge in [-0.2, -0.15) is 5.10 Å². The lowest BCUT2D eigenvalue weighted by atomic mass is 10.0. The second-order valence-electron chi connectivity index (χ2n) is 4.83. The molecule has 0 saturated heterocycles. The van der Waals surface area contributed by atoms with Gasteiger partial charge in [0.15, 0.2) is 17.1 Å². The van der Waals surface area contributed by atoms with Crippen LogP contribution in [0.4, 0.5) is 0 Å². The zero-order chi connectivity index (χ0) is 15.1. The number of nitrogens with zero attached hydrogens (tertiary/aromatic N) is 3. The lowest BCUT2D eigenvalue weighted by Gasteiger charge is -2.21. The molecule has 0 aliphatic carbocycles. The fourth-order valence-electron chi connectivity index (χ4n) is 2.44. The number of benzene rings is 1. The smallest absolute Gasteiger partial charge is 0.339 e. The number of hydrogen-bond acceptors (Lipinski definition) is 5. The quantitative estimate of drug-likeness (QED) is 0.777. The van der Waals surface area contributed by atoms with Crippen molar-refractivity contribution >= 4 is 11.6 Å². The van der Waals surface area contributed by atoms with Crippen LogP contribution in [0.1, 0.15) is 10.4 Å². The summed E-state index contributed by atoms with van der Waals surface area (Å²) in [5, 5.41) is 13.5. The highest BCUT2D eigenvalue weighted by atomic mass is 16.6. The molecule has 0 fully saturated rings. The van der Waals surface area contributed by atoms with Gasteiger partial charge in [0.25, 0.3) is 0 Å². The van der Waals surface area contributed by atoms with Crippen LogP contribution in [0.25, 0.3) is 16.8 Å². The van der Waals surface area contributed by atoms with Crippen LogP contribution in [0.5, 0.6) is 11.5 Å². The second-order valence-corrected chi connectivity index (χ2v) is 4.83. The number of aromatic carboxylic acids is 1. The molecule has 3 aromatic rings. The molecule has 1 aromatic carbocycles. The molecule has 2 aromatic heterocycles. The standard InChI is InChI=1S/C15H11N3O4/c19-15(20)11-5-9(6-12-14(11)22-4-3-21-12)10-7-16-13-1-2-17-18(13)8-10/h1-2,5-8H,3-4H2,(H,19,20). The third kappa shape index (κ3) is 1.95. The van der Waals surface area contributed by atoms with Gasteiger partial charge in [0.2, 0.25) is 0 Å². The first-order chi connectivity index (χ1) is 10.7. The summed E-state index contributed by atoms with van der Waals surface area (Å²) in [5.74, 6) is -0.353. The molecule has 1 aliphatic heterocycles. The molecular formula is C15H11N3O4. The van der Waals surface area contributed by atoms with Crippen molar-refractivity contribution < 1.29 is 19.4 Å². The molecule has 3 heterocycles. The molecule has 0 bridgehead atoms. The maximum atomic E-state index is 11.5. The predicted molar refractivity (Wildman–Crippen MR) is 76.4 cm³/mol. The van der Waals surface area contributed by atoms with E-state index in [0.29, 0.717) is 24.5 Å². The van der Waals surface area contributed by atoms with Crippen LogP contribution in [-0.2, 0) is 0 Å². The van der Waals surface area contributed by atoms with Gasteiger partial charge in [-0.05, 0) is 17.7 Å². The highest BCUT2D eigenvalue weighted by Crippen LogP contribution is 2.38. The molecule has 7 nitrogen and oxygen atoms in total. The summed E-state index contributed by atoms with van der Waals surface area (Å²) >= 11 is 0. The summed E-state index contributed by atoms with van der Waals surface area (Å²) in [7, 11) is 0. The van der Waals surface area contributed by atoms with Crippen molar-refractivity contribution in [1.82, 2.24) is 14.6 Å². The summed E-state index contributed by atoms with van der Waals surface area (Å²) in [6.45, 7) is 0.735. The van der Waals surface area contributed by atoms with E-state index in [-0.39, 0.29) is 11.3 Å². The van der Waals surface area contributed by atoms with E-state index >= 15 is 0 Å². The van der Waals surface area contributed by atoms with Gasteiger partial charge in [0.1, 0.15) is 18.8 Å². The maximum absolute atomic E-state index is 11.5. The lowest BCUT2D eigenvalue weighted by Crippen LogP contribution is -2.18. The van der Waals surface area contributed by atoms with E-state index < -0.39 is 5.97 Å². The first kappa shape index (κ1) is 12.6. The van der Waals surface area contributed by atoms with E-state index in [4.69, 9.17) is 9.47 Å². The Balaban J connectivity index is 1.90. The first-order valence-electron chi connectivity index (χ1n) is 6.69. The minimum Gasteiger partial charge on any atom is -0.486 e. The van der Waals surface area contributed by atoms with Crippen molar-refractivity contribution in [2.45, 2.75) is 0 Å². The minimum absolute atomic E-state index is 0.0766. The molecule has 0 saturated carbocycles. The van der Waals surface area contributed by atoms with Gasteiger partial charge < -0.3 is 14.6 Å². The molecule has 0 atom stereocenters. The zero-order valence-corrected chi connectivity index (χ0v) is 11.4. The van der Waals surface area contributed by atoms with Crippen molar-refractivity contribution in [3.8, 4) is 22.6 Å². The van der Waals surface area contributed by atoms with Crippen LogP contribution in [0.3, 0.4) is 0 Å². The van der Waals surface area contributed by atoms with Gasteiger partial charge in [-0.15, -0.1) is 0 Å². The van der Waals surface area contributed by atoms with E-state index in [2.05, 4.69) is 10.1 Å². The van der Waals surface area contributed by atoms with E-state index in [1.807, 2.05) is 0 Å². The molecule has 7 heteroatoms. The van der Waals surface area contributed by atoms with Gasteiger partial charge in [-0.3, -0.25) is 0 Å². The molecule has 0 spiro atoms. The Kier molecular flexibility index (Phi) is 2.72. The number of aromatic nitrogens is 3. The molecule has 4 rings (SSSR count). The Labute approximate surface area is 124 Å². The van der Waals surface area contributed by atoms with Crippen molar-refractivity contribution in [3.63, 3.8) is 0 Å². The Hall–Kier alpha value is -3.09. The van der Waals surface area contributed by atoms with E-state index in [1.165, 1.54) is 0 Å². The first-order valence-corrected chi connectivity index (χ1v) is 6.69. The zero-order valence-electron chi connectivity index (χ0n) is 11.4. The van der Waals surface area contributed by atoms with Crippen molar-refractivity contribution in [2.24, 2.45) is 0 Å². The lowest BCUT2D eigenvalue weighted by molar-refractivity contribution is 0.0686. The van der Waals surface area contributed by atoms with Gasteiger partial charge >= 0.3 is 5.97 Å². The number of fused-ring (bicyclic) bond motifs is 2. The van der Waals surface area contributed by atoms with E-state index in [9.17, 15) is 9.90 Å². The molecule has 0 radical (unpaired) electrons. The number of carbonyl (C=O) groups is 1. The SMILES string of the molecule is O=C(O)c1cc(-c2cnc3ccnn3c2)cc2c1OCCO2. The normalized spacial score (nSPS) is 13.3. The summed E-state index contributed by atoms with van der Waals surface area (Å²) < 4.78 is 12.6. The van der Waals surface area contributed by atoms with Crippen molar-refractivity contribution in [2.75, 3.05) is 13.2 Å². The molecule has 110 valence electrons. The van der Waals surface area contributed by atoms with Crippen molar-refractivity contribution in [1.29, 1.82) is 0 Å². The Morgan fingerprint density at radius 2 is 2.09 bits per heavy atom. The summed E-state index contributed by atoms with van der Waals surface area (Å²) in [6, 6.07) is 5.10. The third-order valence-corrected chi connectivity index (χ3v) is 3.45. The Morgan fingerprint density at radius 1 is 1.23 bits per heavy atom. The Morgan fingerprint density at radius 3 is 2.95 bits per heavy atom. The fraction of sp³-hybridized carbons (Fsp3) is 0.133. The number of rotatable bonds is 2. The second kappa shape index (κ2) is 4.73.